The molecule has 1 amide bonds. The van der Waals surface area contributed by atoms with Crippen molar-refractivity contribution in [3.8, 4) is 5.88 Å². The number of hydrogen-bond acceptors (Lipinski definition) is 5. The Kier molecular flexibility index (Phi) is 6.53. The lowest BCUT2D eigenvalue weighted by Crippen LogP contribution is -2.22. The molecule has 1 unspecified atom stereocenters. The average molecular weight is 316 g/mol. The van der Waals surface area contributed by atoms with Gasteiger partial charge < -0.3 is 19.5 Å². The number of carbonyl (C=O) groups is 1. The number of ether oxygens (including phenoxy) is 3. The highest BCUT2D eigenvalue weighted by Gasteiger charge is 2.19. The topological polar surface area (TPSA) is 69.7 Å². The summed E-state index contributed by atoms with van der Waals surface area (Å²) in [6, 6.07) is 12.7. The first-order valence-electron chi connectivity index (χ1n) is 7.21. The maximum atomic E-state index is 12.3. The number of aromatic nitrogens is 1. The minimum absolute atomic E-state index is 0.256. The number of methoxy groups -OCH3 is 2. The summed E-state index contributed by atoms with van der Waals surface area (Å²) < 4.78 is 15.6. The minimum Gasteiger partial charge on any atom is -0.475 e. The molecule has 1 heterocycles. The summed E-state index contributed by atoms with van der Waals surface area (Å²) in [5.41, 5.74) is 1.37. The van der Waals surface area contributed by atoms with Crippen molar-refractivity contribution in [3.63, 3.8) is 0 Å². The van der Waals surface area contributed by atoms with Gasteiger partial charge in [0.1, 0.15) is 6.61 Å². The van der Waals surface area contributed by atoms with Crippen LogP contribution in [0.4, 0.5) is 5.69 Å². The lowest BCUT2D eigenvalue weighted by molar-refractivity contribution is -0.126. The zero-order chi connectivity index (χ0) is 16.5. The summed E-state index contributed by atoms with van der Waals surface area (Å²) in [5.74, 6) is 0.222. The molecule has 0 bridgehead atoms. The zero-order valence-corrected chi connectivity index (χ0v) is 13.2. The molecule has 1 N–H and O–H groups in total. The van der Waals surface area contributed by atoms with E-state index in [1.807, 2.05) is 30.3 Å². The molecule has 0 saturated heterocycles. The number of pyridine rings is 1. The number of rotatable bonds is 8. The predicted molar refractivity (Wildman–Crippen MR) is 86.4 cm³/mol. The fourth-order valence-electron chi connectivity index (χ4n) is 2.00. The van der Waals surface area contributed by atoms with Crippen LogP contribution in [0.25, 0.3) is 0 Å². The van der Waals surface area contributed by atoms with Crippen molar-refractivity contribution in [2.24, 2.45) is 0 Å². The van der Waals surface area contributed by atoms with Crippen LogP contribution in [-0.2, 0) is 14.3 Å². The molecule has 0 saturated carbocycles. The van der Waals surface area contributed by atoms with Crippen molar-refractivity contribution in [3.05, 3.63) is 54.2 Å². The molecule has 1 atom stereocenters. The van der Waals surface area contributed by atoms with Gasteiger partial charge in [-0.3, -0.25) is 4.79 Å². The number of hydrogen-bond donors (Lipinski definition) is 1. The highest BCUT2D eigenvalue weighted by atomic mass is 16.5. The van der Waals surface area contributed by atoms with Crippen LogP contribution in [0.2, 0.25) is 0 Å². The van der Waals surface area contributed by atoms with E-state index in [9.17, 15) is 4.79 Å². The average Bonchev–Trinajstić information content (AvgIpc) is 2.58. The van der Waals surface area contributed by atoms with E-state index in [2.05, 4.69) is 10.3 Å². The van der Waals surface area contributed by atoms with Crippen LogP contribution >= 0.6 is 0 Å². The highest BCUT2D eigenvalue weighted by molar-refractivity contribution is 5.94. The van der Waals surface area contributed by atoms with Gasteiger partial charge in [-0.25, -0.2) is 4.98 Å². The summed E-state index contributed by atoms with van der Waals surface area (Å²) in [5, 5.41) is 2.78. The SMILES string of the molecule is COCCOc1ccc(NC(=O)C(OC)c2ccccc2)cn1. The van der Waals surface area contributed by atoms with Crippen molar-refractivity contribution in [2.75, 3.05) is 32.8 Å². The third-order valence-corrected chi connectivity index (χ3v) is 3.12. The molecule has 0 aliphatic heterocycles. The molecular weight excluding hydrogens is 296 g/mol. The van der Waals surface area contributed by atoms with Crippen LogP contribution in [0.3, 0.4) is 0 Å². The first-order chi connectivity index (χ1) is 11.2. The second kappa shape index (κ2) is 8.87. The van der Waals surface area contributed by atoms with E-state index in [0.29, 0.717) is 24.8 Å². The van der Waals surface area contributed by atoms with E-state index >= 15 is 0 Å². The minimum atomic E-state index is -0.672. The van der Waals surface area contributed by atoms with Crippen LogP contribution in [0.1, 0.15) is 11.7 Å². The summed E-state index contributed by atoms with van der Waals surface area (Å²) in [6.45, 7) is 0.918. The van der Waals surface area contributed by atoms with Gasteiger partial charge >= 0.3 is 0 Å². The second-order valence-corrected chi connectivity index (χ2v) is 4.74. The smallest absolute Gasteiger partial charge is 0.258 e. The molecule has 0 aliphatic carbocycles. The fraction of sp³-hybridized carbons (Fsp3) is 0.294. The van der Waals surface area contributed by atoms with E-state index < -0.39 is 6.10 Å². The number of amides is 1. The van der Waals surface area contributed by atoms with Gasteiger partial charge in [0.2, 0.25) is 5.88 Å². The Balaban J connectivity index is 1.96. The zero-order valence-electron chi connectivity index (χ0n) is 13.2. The maximum absolute atomic E-state index is 12.3. The molecule has 0 spiro atoms. The van der Waals surface area contributed by atoms with Crippen molar-refractivity contribution < 1.29 is 19.0 Å². The molecule has 6 heteroatoms. The number of carbonyl (C=O) groups excluding carboxylic acids is 1. The quantitative estimate of drug-likeness (QED) is 0.758. The Hall–Kier alpha value is -2.44. The van der Waals surface area contributed by atoms with E-state index in [1.54, 1.807) is 19.2 Å². The van der Waals surface area contributed by atoms with Gasteiger partial charge in [0.25, 0.3) is 5.91 Å². The third-order valence-electron chi connectivity index (χ3n) is 3.12. The van der Waals surface area contributed by atoms with Gasteiger partial charge in [-0.1, -0.05) is 30.3 Å². The summed E-state index contributed by atoms with van der Waals surface area (Å²) >= 11 is 0. The van der Waals surface area contributed by atoms with Crippen molar-refractivity contribution >= 4 is 11.6 Å². The van der Waals surface area contributed by atoms with Crippen LogP contribution in [0.15, 0.2) is 48.7 Å². The van der Waals surface area contributed by atoms with Gasteiger partial charge in [0.15, 0.2) is 6.10 Å². The Morgan fingerprint density at radius 2 is 1.91 bits per heavy atom. The molecule has 2 aromatic rings. The van der Waals surface area contributed by atoms with Crippen molar-refractivity contribution in [2.45, 2.75) is 6.10 Å². The van der Waals surface area contributed by atoms with Gasteiger partial charge in [-0.05, 0) is 11.6 Å². The lowest BCUT2D eigenvalue weighted by atomic mass is 10.1. The number of anilines is 1. The molecule has 1 aromatic heterocycles. The molecule has 0 radical (unpaired) electrons. The van der Waals surface area contributed by atoms with Gasteiger partial charge in [-0.15, -0.1) is 0 Å². The van der Waals surface area contributed by atoms with Crippen molar-refractivity contribution in [1.82, 2.24) is 4.98 Å². The summed E-state index contributed by atoms with van der Waals surface area (Å²) in [6.07, 6.45) is 0.867. The second-order valence-electron chi connectivity index (χ2n) is 4.74. The van der Waals surface area contributed by atoms with E-state index in [0.717, 1.165) is 5.56 Å². The molecule has 1 aromatic carbocycles. The largest absolute Gasteiger partial charge is 0.475 e. The lowest BCUT2D eigenvalue weighted by Gasteiger charge is -2.15. The summed E-state index contributed by atoms with van der Waals surface area (Å²) in [4.78, 5) is 16.5. The fourth-order valence-corrected chi connectivity index (χ4v) is 2.00. The Bertz CT molecular complexity index is 602. The Morgan fingerprint density at radius 1 is 1.13 bits per heavy atom. The van der Waals surface area contributed by atoms with Crippen LogP contribution in [0, 0.1) is 0 Å². The number of nitrogens with one attached hydrogen (secondary N) is 1. The molecule has 2 rings (SSSR count). The van der Waals surface area contributed by atoms with Gasteiger partial charge in [0.05, 0.1) is 18.5 Å². The number of benzene rings is 1. The standard InChI is InChI=1S/C17H20N2O4/c1-21-10-11-23-15-9-8-14(12-18-15)19-17(20)16(22-2)13-6-4-3-5-7-13/h3-9,12,16H,10-11H2,1-2H3,(H,19,20). The molecular formula is C17H20N2O4. The third kappa shape index (κ3) is 5.05. The van der Waals surface area contributed by atoms with Crippen LogP contribution in [-0.4, -0.2) is 38.3 Å². The first-order valence-corrected chi connectivity index (χ1v) is 7.21. The normalized spacial score (nSPS) is 11.7. The summed E-state index contributed by atoms with van der Waals surface area (Å²) in [7, 11) is 3.11. The molecule has 0 aliphatic rings. The first kappa shape index (κ1) is 16.9. The van der Waals surface area contributed by atoms with E-state index in [1.165, 1.54) is 13.3 Å². The number of nitrogens with zero attached hydrogens (tertiary/aromatic N) is 1. The van der Waals surface area contributed by atoms with E-state index in [-0.39, 0.29) is 5.91 Å². The van der Waals surface area contributed by atoms with Crippen LogP contribution in [0.5, 0.6) is 5.88 Å². The molecule has 122 valence electrons. The molecule has 6 nitrogen and oxygen atoms in total. The predicted octanol–water partition coefficient (Wildman–Crippen LogP) is 2.43. The molecule has 23 heavy (non-hydrogen) atoms. The van der Waals surface area contributed by atoms with Gasteiger partial charge in [-0.2, -0.15) is 0 Å². The molecule has 0 fully saturated rings. The Morgan fingerprint density at radius 3 is 2.52 bits per heavy atom. The van der Waals surface area contributed by atoms with E-state index in [4.69, 9.17) is 14.2 Å². The van der Waals surface area contributed by atoms with Gasteiger partial charge in [0, 0.05) is 20.3 Å². The highest BCUT2D eigenvalue weighted by Crippen LogP contribution is 2.19. The van der Waals surface area contributed by atoms with Crippen LogP contribution < -0.4 is 10.1 Å². The monoisotopic (exact) mass is 316 g/mol. The Labute approximate surface area is 135 Å². The van der Waals surface area contributed by atoms with Crippen molar-refractivity contribution in [1.29, 1.82) is 0 Å². The maximum Gasteiger partial charge on any atom is 0.258 e.